The van der Waals surface area contributed by atoms with Crippen LogP contribution in [0.4, 0.5) is 0 Å². The van der Waals surface area contributed by atoms with E-state index in [9.17, 15) is 0 Å². The van der Waals surface area contributed by atoms with E-state index in [-0.39, 0.29) is 0 Å². The van der Waals surface area contributed by atoms with Gasteiger partial charge in [0.05, 0.1) is 0 Å². The zero-order valence-electron chi connectivity index (χ0n) is 12.0. The van der Waals surface area contributed by atoms with Crippen molar-refractivity contribution in [3.8, 4) is 0 Å². The van der Waals surface area contributed by atoms with E-state index >= 15 is 0 Å². The van der Waals surface area contributed by atoms with Crippen LogP contribution in [0.1, 0.15) is 73.1 Å². The molecule has 4 unspecified atom stereocenters. The molecular formula is C16H30. The smallest absolute Gasteiger partial charge is 0.0300 e. The second kappa shape index (κ2) is 4.03. The zero-order valence-corrected chi connectivity index (χ0v) is 12.0. The third-order valence-electron chi connectivity index (χ3n) is 6.31. The second-order valence-corrected chi connectivity index (χ2v) is 7.60. The van der Waals surface area contributed by atoms with Gasteiger partial charge in [-0.1, -0.05) is 53.9 Å². The third kappa shape index (κ3) is 1.93. The van der Waals surface area contributed by atoms with Crippen molar-refractivity contribution < 1.29 is 0 Å². The quantitative estimate of drug-likeness (QED) is 0.566. The van der Waals surface area contributed by atoms with Crippen molar-refractivity contribution in [2.24, 2.45) is 28.6 Å². The van der Waals surface area contributed by atoms with Crippen molar-refractivity contribution in [1.82, 2.24) is 0 Å². The Morgan fingerprint density at radius 2 is 1.88 bits per heavy atom. The maximum absolute atomic E-state index is 2.54. The first-order valence-corrected chi connectivity index (χ1v) is 7.39. The molecule has 0 nitrogen and oxygen atoms in total. The highest BCUT2D eigenvalue weighted by atomic mass is 14.5. The average molecular weight is 222 g/mol. The van der Waals surface area contributed by atoms with E-state index < -0.39 is 0 Å². The van der Waals surface area contributed by atoms with Crippen molar-refractivity contribution >= 4 is 0 Å². The first-order chi connectivity index (χ1) is 7.39. The van der Waals surface area contributed by atoms with E-state index in [2.05, 4.69) is 34.6 Å². The van der Waals surface area contributed by atoms with Crippen molar-refractivity contribution in [3.63, 3.8) is 0 Å². The number of hydrogen-bond donors (Lipinski definition) is 0. The Morgan fingerprint density at radius 1 is 1.19 bits per heavy atom. The van der Waals surface area contributed by atoms with Gasteiger partial charge in [0.25, 0.3) is 0 Å². The van der Waals surface area contributed by atoms with Gasteiger partial charge in [0.2, 0.25) is 0 Å². The Kier molecular flexibility index (Phi) is 3.14. The predicted molar refractivity (Wildman–Crippen MR) is 71.4 cm³/mol. The molecule has 0 radical (unpaired) electrons. The predicted octanol–water partition coefficient (Wildman–Crippen LogP) is 5.28. The molecule has 0 aromatic rings. The number of rotatable bonds is 1. The average Bonchev–Trinajstić information content (AvgIpc) is 2.21. The van der Waals surface area contributed by atoms with Gasteiger partial charge in [-0.3, -0.25) is 0 Å². The van der Waals surface area contributed by atoms with Crippen molar-refractivity contribution in [1.29, 1.82) is 0 Å². The lowest BCUT2D eigenvalue weighted by atomic mass is 9.51. The molecule has 4 atom stereocenters. The molecule has 2 saturated carbocycles. The van der Waals surface area contributed by atoms with Crippen molar-refractivity contribution in [3.05, 3.63) is 0 Å². The second-order valence-electron chi connectivity index (χ2n) is 7.60. The van der Waals surface area contributed by atoms with Crippen LogP contribution in [0.5, 0.6) is 0 Å². The molecule has 0 bridgehead atoms. The maximum atomic E-state index is 2.54. The topological polar surface area (TPSA) is 0 Å². The molecule has 0 aromatic heterocycles. The Bertz CT molecular complexity index is 253. The summed E-state index contributed by atoms with van der Waals surface area (Å²) in [5, 5.41) is 0. The Morgan fingerprint density at radius 3 is 2.50 bits per heavy atom. The summed E-state index contributed by atoms with van der Waals surface area (Å²) in [6.45, 7) is 12.5. The first-order valence-electron chi connectivity index (χ1n) is 7.39. The standard InChI is InChI=1S/C16H30/c1-6-16(5)11-14-13(10-12(16)2)8-7-9-15(14,3)4/h12-14H,6-11H2,1-5H3. The summed E-state index contributed by atoms with van der Waals surface area (Å²) in [6, 6.07) is 0. The molecular weight excluding hydrogens is 192 g/mol. The molecule has 2 aliphatic rings. The van der Waals surface area contributed by atoms with E-state index in [1.165, 1.54) is 38.5 Å². The molecule has 0 saturated heterocycles. The van der Waals surface area contributed by atoms with Gasteiger partial charge in [-0.05, 0) is 47.8 Å². The molecule has 0 amide bonds. The van der Waals surface area contributed by atoms with Crippen LogP contribution in [0.25, 0.3) is 0 Å². The minimum atomic E-state index is 0.611. The molecule has 2 aliphatic carbocycles. The van der Waals surface area contributed by atoms with E-state index in [0.717, 1.165) is 17.8 Å². The van der Waals surface area contributed by atoms with Crippen LogP contribution in [0, 0.1) is 28.6 Å². The molecule has 2 rings (SSSR count). The molecule has 0 N–H and O–H groups in total. The SMILES string of the molecule is CCC1(C)CC2C(CCCC2(C)C)CC1C. The summed E-state index contributed by atoms with van der Waals surface area (Å²) in [5.74, 6) is 2.98. The Balaban J connectivity index is 2.20. The summed E-state index contributed by atoms with van der Waals surface area (Å²) < 4.78 is 0. The maximum Gasteiger partial charge on any atom is -0.0300 e. The van der Waals surface area contributed by atoms with Crippen molar-refractivity contribution in [2.75, 3.05) is 0 Å². The first kappa shape index (κ1) is 12.5. The normalized spacial score (nSPS) is 47.4. The number of fused-ring (bicyclic) bond motifs is 1. The highest BCUT2D eigenvalue weighted by Crippen LogP contribution is 2.57. The Hall–Kier alpha value is 0. The third-order valence-corrected chi connectivity index (χ3v) is 6.31. The number of hydrogen-bond acceptors (Lipinski definition) is 0. The molecule has 0 spiro atoms. The van der Waals surface area contributed by atoms with Gasteiger partial charge in [-0.15, -0.1) is 0 Å². The minimum Gasteiger partial charge on any atom is -0.0649 e. The van der Waals surface area contributed by atoms with E-state index in [1.54, 1.807) is 0 Å². The molecule has 0 heteroatoms. The summed E-state index contributed by atoms with van der Waals surface area (Å²) in [7, 11) is 0. The van der Waals surface area contributed by atoms with Gasteiger partial charge in [0.1, 0.15) is 0 Å². The summed E-state index contributed by atoms with van der Waals surface area (Å²) in [5.41, 5.74) is 1.23. The van der Waals surface area contributed by atoms with Gasteiger partial charge < -0.3 is 0 Å². The van der Waals surface area contributed by atoms with Gasteiger partial charge in [0, 0.05) is 0 Å². The van der Waals surface area contributed by atoms with Crippen LogP contribution in [0.2, 0.25) is 0 Å². The molecule has 16 heavy (non-hydrogen) atoms. The van der Waals surface area contributed by atoms with Gasteiger partial charge in [-0.25, -0.2) is 0 Å². The van der Waals surface area contributed by atoms with Crippen LogP contribution in [-0.2, 0) is 0 Å². The summed E-state index contributed by atoms with van der Waals surface area (Å²) in [4.78, 5) is 0. The van der Waals surface area contributed by atoms with Gasteiger partial charge in [0.15, 0.2) is 0 Å². The van der Waals surface area contributed by atoms with Gasteiger partial charge >= 0.3 is 0 Å². The molecule has 2 fully saturated rings. The summed E-state index contributed by atoms with van der Waals surface area (Å²) >= 11 is 0. The van der Waals surface area contributed by atoms with Crippen molar-refractivity contribution in [2.45, 2.75) is 73.1 Å². The van der Waals surface area contributed by atoms with Crippen LogP contribution < -0.4 is 0 Å². The lowest BCUT2D eigenvalue weighted by molar-refractivity contribution is -0.0460. The van der Waals surface area contributed by atoms with E-state index in [4.69, 9.17) is 0 Å². The summed E-state index contributed by atoms with van der Waals surface area (Å²) in [6.07, 6.45) is 8.80. The zero-order chi connectivity index (χ0) is 12.0. The molecule has 0 aliphatic heterocycles. The molecule has 94 valence electrons. The monoisotopic (exact) mass is 222 g/mol. The highest BCUT2D eigenvalue weighted by Gasteiger charge is 2.48. The van der Waals surface area contributed by atoms with Crippen LogP contribution >= 0.6 is 0 Å². The Labute approximate surface area is 102 Å². The lowest BCUT2D eigenvalue weighted by Gasteiger charge is -2.55. The van der Waals surface area contributed by atoms with Crippen LogP contribution in [-0.4, -0.2) is 0 Å². The van der Waals surface area contributed by atoms with Crippen LogP contribution in [0.15, 0.2) is 0 Å². The molecule has 0 heterocycles. The molecule has 0 aromatic carbocycles. The van der Waals surface area contributed by atoms with E-state index in [0.29, 0.717) is 10.8 Å². The fraction of sp³-hybridized carbons (Fsp3) is 1.00. The highest BCUT2D eigenvalue weighted by molar-refractivity contribution is 4.98. The van der Waals surface area contributed by atoms with Crippen LogP contribution in [0.3, 0.4) is 0 Å². The fourth-order valence-corrected chi connectivity index (χ4v) is 4.50. The van der Waals surface area contributed by atoms with E-state index in [1.807, 2.05) is 0 Å². The largest absolute Gasteiger partial charge is 0.0649 e. The minimum absolute atomic E-state index is 0.611. The lowest BCUT2D eigenvalue weighted by Crippen LogP contribution is -2.45. The fourth-order valence-electron chi connectivity index (χ4n) is 4.50. The van der Waals surface area contributed by atoms with Gasteiger partial charge in [-0.2, -0.15) is 0 Å².